The van der Waals surface area contributed by atoms with Gasteiger partial charge in [0, 0.05) is 36.0 Å². The van der Waals surface area contributed by atoms with Crippen molar-refractivity contribution < 1.29 is 4.74 Å². The Balaban J connectivity index is 0.00000156. The molecule has 0 spiro atoms. The van der Waals surface area contributed by atoms with Crippen LogP contribution in [-0.4, -0.2) is 46.9 Å². The van der Waals surface area contributed by atoms with Gasteiger partial charge in [-0.25, -0.2) is 9.50 Å². The number of hydrogen-bond acceptors (Lipinski definition) is 6. The van der Waals surface area contributed by atoms with Crippen LogP contribution < -0.4 is 15.0 Å². The van der Waals surface area contributed by atoms with Crippen LogP contribution in [0.3, 0.4) is 0 Å². The number of ether oxygens (including phenoxy) is 1. The van der Waals surface area contributed by atoms with E-state index in [1.165, 1.54) is 5.56 Å². The van der Waals surface area contributed by atoms with Gasteiger partial charge in [-0.1, -0.05) is 44.2 Å². The number of anilines is 1. The molecule has 37 heavy (non-hydrogen) atoms. The van der Waals surface area contributed by atoms with E-state index >= 15 is 0 Å². The van der Waals surface area contributed by atoms with E-state index in [-0.39, 0.29) is 5.54 Å². The number of likely N-dealkylation sites (N-methyl/N-ethyl adjacent to an activating group) is 1. The lowest BCUT2D eigenvalue weighted by Gasteiger charge is -2.42. The predicted octanol–water partition coefficient (Wildman–Crippen LogP) is 5.49. The molecule has 1 aliphatic heterocycles. The van der Waals surface area contributed by atoms with Gasteiger partial charge in [0.1, 0.15) is 17.6 Å². The minimum atomic E-state index is 0.110. The van der Waals surface area contributed by atoms with Gasteiger partial charge in [0.05, 0.1) is 30.1 Å². The number of rotatable bonds is 7. The maximum absolute atomic E-state index is 9.58. The number of aromatic nitrogens is 3. The molecule has 0 saturated carbocycles. The van der Waals surface area contributed by atoms with Crippen molar-refractivity contribution in [2.45, 2.75) is 45.6 Å². The van der Waals surface area contributed by atoms with E-state index in [0.717, 1.165) is 54.8 Å². The molecule has 7 heteroatoms. The fraction of sp³-hybridized carbons (Fsp3) is 0.367. The number of nitrogens with one attached hydrogen (secondary N) is 1. The van der Waals surface area contributed by atoms with Crippen LogP contribution in [0, 0.1) is 11.3 Å². The fourth-order valence-corrected chi connectivity index (χ4v) is 5.04. The third-order valence-electron chi connectivity index (χ3n) is 7.04. The lowest BCUT2D eigenvalue weighted by molar-refractivity contribution is 0.274. The molecule has 4 heterocycles. The molecule has 1 saturated heterocycles. The summed E-state index contributed by atoms with van der Waals surface area (Å²) in [5.41, 5.74) is 4.60. The Bertz CT molecular complexity index is 1330. The second-order valence-corrected chi connectivity index (χ2v) is 9.07. The van der Waals surface area contributed by atoms with Gasteiger partial charge in [-0.05, 0) is 57.0 Å². The van der Waals surface area contributed by atoms with Crippen molar-refractivity contribution in [2.75, 3.05) is 31.6 Å². The summed E-state index contributed by atoms with van der Waals surface area (Å²) in [7, 11) is 2.08. The van der Waals surface area contributed by atoms with Gasteiger partial charge >= 0.3 is 0 Å². The second-order valence-electron chi connectivity index (χ2n) is 9.07. The average molecular weight is 497 g/mol. The molecule has 5 rings (SSSR count). The number of fused-ring (bicyclic) bond motifs is 1. The molecule has 7 nitrogen and oxygen atoms in total. The largest absolute Gasteiger partial charge is 0.492 e. The molecule has 1 N–H and O–H groups in total. The minimum absolute atomic E-state index is 0.110. The van der Waals surface area contributed by atoms with Crippen LogP contribution in [0.1, 0.15) is 44.7 Å². The Labute approximate surface area is 219 Å². The quantitative estimate of drug-likeness (QED) is 0.364. The molecular weight excluding hydrogens is 460 g/mol. The van der Waals surface area contributed by atoms with E-state index in [4.69, 9.17) is 9.72 Å². The van der Waals surface area contributed by atoms with Gasteiger partial charge in [-0.3, -0.25) is 0 Å². The minimum Gasteiger partial charge on any atom is -0.492 e. The molecule has 0 radical (unpaired) electrons. The van der Waals surface area contributed by atoms with Crippen molar-refractivity contribution in [1.82, 2.24) is 19.9 Å². The van der Waals surface area contributed by atoms with Crippen molar-refractivity contribution in [3.63, 3.8) is 0 Å². The smallest absolute Gasteiger partial charge is 0.138 e. The van der Waals surface area contributed by atoms with Gasteiger partial charge in [0.25, 0.3) is 0 Å². The molecule has 1 aromatic carbocycles. The fourth-order valence-electron chi connectivity index (χ4n) is 5.04. The van der Waals surface area contributed by atoms with Crippen molar-refractivity contribution in [3.05, 3.63) is 78.2 Å². The van der Waals surface area contributed by atoms with E-state index < -0.39 is 0 Å². The van der Waals surface area contributed by atoms with Crippen molar-refractivity contribution in [3.8, 4) is 22.9 Å². The maximum Gasteiger partial charge on any atom is 0.138 e. The molecule has 1 aliphatic rings. The Morgan fingerprint density at radius 1 is 1.08 bits per heavy atom. The summed E-state index contributed by atoms with van der Waals surface area (Å²) in [6.07, 6.45) is 8.43. The van der Waals surface area contributed by atoms with Crippen LogP contribution in [0.25, 0.3) is 16.6 Å². The SMILES string of the molecule is CC.CCOc1cc(-c2ccc(N3CCC(Cc4ccccc4)(NC)CC3)nc2)c2c(C#N)cnn2c1. The third-order valence-corrected chi connectivity index (χ3v) is 7.04. The van der Waals surface area contributed by atoms with Crippen LogP contribution in [0.5, 0.6) is 5.75 Å². The lowest BCUT2D eigenvalue weighted by atomic mass is 9.82. The Hall–Kier alpha value is -3.89. The second kappa shape index (κ2) is 11.9. The Morgan fingerprint density at radius 2 is 1.84 bits per heavy atom. The van der Waals surface area contributed by atoms with Gasteiger partial charge < -0.3 is 15.0 Å². The van der Waals surface area contributed by atoms with Crippen LogP contribution in [0.15, 0.2) is 67.1 Å². The molecule has 0 atom stereocenters. The zero-order valence-electron chi connectivity index (χ0n) is 22.2. The predicted molar refractivity (Wildman–Crippen MR) is 149 cm³/mol. The summed E-state index contributed by atoms with van der Waals surface area (Å²) in [6.45, 7) is 8.41. The zero-order chi connectivity index (χ0) is 26.3. The average Bonchev–Trinajstić information content (AvgIpc) is 3.38. The molecular formula is C30H36N6O. The standard InChI is InChI=1S/C28H30N6O.C2H6/c1-3-35-24-15-25(27-23(17-29)19-32-34(27)20-24)22-9-10-26(31-18-22)33-13-11-28(30-2,12-14-33)16-21-7-5-4-6-8-21;1-2/h4-10,15,18-20,30H,3,11-14,16H2,1-2H3;1-2H3. The number of benzene rings is 1. The van der Waals surface area contributed by atoms with Crippen LogP contribution in [-0.2, 0) is 6.42 Å². The summed E-state index contributed by atoms with van der Waals surface area (Å²) in [5.74, 6) is 1.69. The number of nitrogens with zero attached hydrogens (tertiary/aromatic N) is 5. The molecule has 0 unspecified atom stereocenters. The first-order chi connectivity index (χ1) is 18.1. The molecule has 4 aromatic rings. The summed E-state index contributed by atoms with van der Waals surface area (Å²) < 4.78 is 7.44. The first-order valence-corrected chi connectivity index (χ1v) is 13.1. The zero-order valence-corrected chi connectivity index (χ0v) is 22.2. The topological polar surface area (TPSA) is 78.5 Å². The highest BCUT2D eigenvalue weighted by Gasteiger charge is 2.33. The summed E-state index contributed by atoms with van der Waals surface area (Å²) >= 11 is 0. The Morgan fingerprint density at radius 3 is 2.46 bits per heavy atom. The molecule has 1 fully saturated rings. The molecule has 3 aromatic heterocycles. The van der Waals surface area contributed by atoms with E-state index in [0.29, 0.717) is 17.9 Å². The van der Waals surface area contributed by atoms with E-state index in [1.807, 2.05) is 39.2 Å². The maximum atomic E-state index is 9.58. The van der Waals surface area contributed by atoms with E-state index in [9.17, 15) is 5.26 Å². The van der Waals surface area contributed by atoms with Crippen LogP contribution in [0.4, 0.5) is 5.82 Å². The van der Waals surface area contributed by atoms with Crippen molar-refractivity contribution >= 4 is 11.3 Å². The molecule has 192 valence electrons. The third kappa shape index (κ3) is 5.60. The molecule has 0 aliphatic carbocycles. The highest BCUT2D eigenvalue weighted by Crippen LogP contribution is 2.33. The first kappa shape index (κ1) is 26.2. The van der Waals surface area contributed by atoms with Gasteiger partial charge in [0.15, 0.2) is 0 Å². The number of pyridine rings is 2. The van der Waals surface area contributed by atoms with Crippen molar-refractivity contribution in [1.29, 1.82) is 5.26 Å². The monoisotopic (exact) mass is 496 g/mol. The summed E-state index contributed by atoms with van der Waals surface area (Å²) in [6, 6.07) is 19.1. The van der Waals surface area contributed by atoms with Gasteiger partial charge in [0.2, 0.25) is 0 Å². The summed E-state index contributed by atoms with van der Waals surface area (Å²) in [5, 5.41) is 17.5. The van der Waals surface area contributed by atoms with Gasteiger partial charge in [-0.15, -0.1) is 0 Å². The van der Waals surface area contributed by atoms with Crippen molar-refractivity contribution in [2.24, 2.45) is 0 Å². The highest BCUT2D eigenvalue weighted by molar-refractivity contribution is 5.85. The normalized spacial score (nSPS) is 14.5. The number of nitriles is 1. The Kier molecular flexibility index (Phi) is 8.42. The number of piperidine rings is 1. The van der Waals surface area contributed by atoms with E-state index in [2.05, 4.69) is 70.9 Å². The highest BCUT2D eigenvalue weighted by atomic mass is 16.5. The first-order valence-electron chi connectivity index (χ1n) is 13.1. The lowest BCUT2D eigenvalue weighted by Crippen LogP contribution is -2.53. The van der Waals surface area contributed by atoms with Crippen LogP contribution >= 0.6 is 0 Å². The van der Waals surface area contributed by atoms with Crippen LogP contribution in [0.2, 0.25) is 0 Å². The molecule has 0 amide bonds. The van der Waals surface area contributed by atoms with E-state index in [1.54, 1.807) is 10.7 Å². The number of hydrogen-bond donors (Lipinski definition) is 1. The molecule has 0 bridgehead atoms. The summed E-state index contributed by atoms with van der Waals surface area (Å²) in [4.78, 5) is 7.17. The van der Waals surface area contributed by atoms with Gasteiger partial charge in [-0.2, -0.15) is 10.4 Å².